The molecule has 1 aliphatic heterocycles. The largest absolute Gasteiger partial charge is 0.380 e. The van der Waals surface area contributed by atoms with Crippen molar-refractivity contribution in [2.24, 2.45) is 10.4 Å². The molecule has 6 heteroatoms. The normalized spacial score (nSPS) is 19.9. The van der Waals surface area contributed by atoms with Crippen LogP contribution in [0.1, 0.15) is 42.3 Å². The SMILES string of the molecule is CCNC(=NCC1(C)COC1)N(C)Cc1nc2c(s1)CCCC2. The number of ether oxygens (including phenoxy) is 1. The monoisotopic (exact) mass is 336 g/mol. The van der Waals surface area contributed by atoms with Gasteiger partial charge in [-0.1, -0.05) is 6.92 Å². The third-order valence-corrected chi connectivity index (χ3v) is 5.61. The van der Waals surface area contributed by atoms with Crippen LogP contribution in [0.5, 0.6) is 0 Å². The van der Waals surface area contributed by atoms with Crippen molar-refractivity contribution in [3.8, 4) is 0 Å². The number of hydrogen-bond acceptors (Lipinski definition) is 4. The molecule has 2 aliphatic rings. The Balaban J connectivity index is 1.64. The lowest BCUT2D eigenvalue weighted by molar-refractivity contribution is -0.0946. The van der Waals surface area contributed by atoms with E-state index in [1.54, 1.807) is 0 Å². The molecule has 1 aromatic heterocycles. The van der Waals surface area contributed by atoms with Crippen LogP contribution in [-0.2, 0) is 24.1 Å². The molecule has 0 radical (unpaired) electrons. The van der Waals surface area contributed by atoms with Crippen LogP contribution in [0.2, 0.25) is 0 Å². The van der Waals surface area contributed by atoms with Gasteiger partial charge in [-0.05, 0) is 32.6 Å². The molecular formula is C17H28N4OS. The van der Waals surface area contributed by atoms with Gasteiger partial charge in [0.2, 0.25) is 0 Å². The zero-order valence-electron chi connectivity index (χ0n) is 14.5. The predicted molar refractivity (Wildman–Crippen MR) is 95.1 cm³/mol. The van der Waals surface area contributed by atoms with Crippen molar-refractivity contribution >= 4 is 17.3 Å². The molecule has 0 bridgehead atoms. The van der Waals surface area contributed by atoms with Crippen molar-refractivity contribution in [1.82, 2.24) is 15.2 Å². The molecule has 1 aromatic rings. The Hall–Kier alpha value is -1.14. The second-order valence-corrected chi connectivity index (χ2v) is 8.18. The summed E-state index contributed by atoms with van der Waals surface area (Å²) < 4.78 is 5.32. The molecule has 0 atom stereocenters. The van der Waals surface area contributed by atoms with Crippen molar-refractivity contribution in [1.29, 1.82) is 0 Å². The van der Waals surface area contributed by atoms with Gasteiger partial charge in [0, 0.05) is 23.9 Å². The van der Waals surface area contributed by atoms with E-state index in [1.807, 2.05) is 11.3 Å². The van der Waals surface area contributed by atoms with Crippen LogP contribution in [0.25, 0.3) is 0 Å². The molecule has 1 N–H and O–H groups in total. The fraction of sp³-hybridized carbons (Fsp3) is 0.765. The third kappa shape index (κ3) is 4.04. The zero-order chi connectivity index (χ0) is 16.3. The van der Waals surface area contributed by atoms with E-state index in [0.29, 0.717) is 0 Å². The maximum absolute atomic E-state index is 5.32. The molecule has 0 amide bonds. The summed E-state index contributed by atoms with van der Waals surface area (Å²) in [7, 11) is 2.10. The number of aryl methyl sites for hydroxylation is 2. The Morgan fingerprint density at radius 1 is 1.39 bits per heavy atom. The third-order valence-electron chi connectivity index (χ3n) is 4.47. The Kier molecular flexibility index (Phi) is 5.21. The van der Waals surface area contributed by atoms with Crippen molar-refractivity contribution in [3.63, 3.8) is 0 Å². The highest BCUT2D eigenvalue weighted by molar-refractivity contribution is 7.11. The number of guanidine groups is 1. The smallest absolute Gasteiger partial charge is 0.194 e. The van der Waals surface area contributed by atoms with E-state index >= 15 is 0 Å². The van der Waals surface area contributed by atoms with Crippen molar-refractivity contribution in [2.45, 2.75) is 46.1 Å². The van der Waals surface area contributed by atoms with E-state index in [9.17, 15) is 0 Å². The van der Waals surface area contributed by atoms with Gasteiger partial charge in [0.15, 0.2) is 5.96 Å². The van der Waals surface area contributed by atoms with Gasteiger partial charge in [-0.25, -0.2) is 4.98 Å². The first kappa shape index (κ1) is 16.7. The number of thiazole rings is 1. The second kappa shape index (κ2) is 7.18. The molecule has 23 heavy (non-hydrogen) atoms. The maximum Gasteiger partial charge on any atom is 0.194 e. The lowest BCUT2D eigenvalue weighted by Gasteiger charge is -2.37. The average Bonchev–Trinajstić information content (AvgIpc) is 2.91. The molecule has 2 heterocycles. The Bertz CT molecular complexity index is 541. The van der Waals surface area contributed by atoms with E-state index < -0.39 is 0 Å². The van der Waals surface area contributed by atoms with Crippen LogP contribution in [-0.4, -0.2) is 49.2 Å². The lowest BCUT2D eigenvalue weighted by atomic mass is 9.89. The van der Waals surface area contributed by atoms with E-state index in [1.165, 1.54) is 34.8 Å². The molecule has 3 rings (SSSR count). The quantitative estimate of drug-likeness (QED) is 0.663. The summed E-state index contributed by atoms with van der Waals surface area (Å²) >= 11 is 1.88. The van der Waals surface area contributed by atoms with Gasteiger partial charge < -0.3 is 15.0 Å². The first-order valence-corrected chi connectivity index (χ1v) is 9.46. The summed E-state index contributed by atoms with van der Waals surface area (Å²) in [5.41, 5.74) is 1.55. The maximum atomic E-state index is 5.32. The highest BCUT2D eigenvalue weighted by atomic mass is 32.1. The topological polar surface area (TPSA) is 49.8 Å². The van der Waals surface area contributed by atoms with Crippen LogP contribution in [0.15, 0.2) is 4.99 Å². The van der Waals surface area contributed by atoms with Gasteiger partial charge in [-0.15, -0.1) is 11.3 Å². The first-order valence-electron chi connectivity index (χ1n) is 8.64. The molecule has 5 nitrogen and oxygen atoms in total. The molecule has 1 fully saturated rings. The Morgan fingerprint density at radius 3 is 2.83 bits per heavy atom. The van der Waals surface area contributed by atoms with Gasteiger partial charge in [0.25, 0.3) is 0 Å². The molecule has 0 aromatic carbocycles. The summed E-state index contributed by atoms with van der Waals surface area (Å²) in [6.45, 7) is 8.51. The molecule has 0 saturated carbocycles. The minimum Gasteiger partial charge on any atom is -0.380 e. The van der Waals surface area contributed by atoms with E-state index in [-0.39, 0.29) is 5.41 Å². The van der Waals surface area contributed by atoms with Gasteiger partial charge in [-0.3, -0.25) is 4.99 Å². The van der Waals surface area contributed by atoms with Crippen LogP contribution < -0.4 is 5.32 Å². The van der Waals surface area contributed by atoms with E-state index in [0.717, 1.165) is 45.2 Å². The van der Waals surface area contributed by atoms with Crippen molar-refractivity contribution in [2.75, 3.05) is 33.4 Å². The molecular weight excluding hydrogens is 308 g/mol. The summed E-state index contributed by atoms with van der Waals surface area (Å²) in [6.07, 6.45) is 4.97. The van der Waals surface area contributed by atoms with Crippen molar-refractivity contribution in [3.05, 3.63) is 15.6 Å². The number of nitrogens with one attached hydrogen (secondary N) is 1. The van der Waals surface area contributed by atoms with Gasteiger partial charge in [0.1, 0.15) is 5.01 Å². The van der Waals surface area contributed by atoms with Crippen LogP contribution in [0.4, 0.5) is 0 Å². The number of aromatic nitrogens is 1. The molecule has 128 valence electrons. The Labute approximate surface area is 143 Å². The minimum absolute atomic E-state index is 0.210. The van der Waals surface area contributed by atoms with Gasteiger partial charge >= 0.3 is 0 Å². The Morgan fingerprint density at radius 2 is 2.17 bits per heavy atom. The highest BCUT2D eigenvalue weighted by Gasteiger charge is 2.33. The predicted octanol–water partition coefficient (Wildman–Crippen LogP) is 2.46. The van der Waals surface area contributed by atoms with Crippen LogP contribution >= 0.6 is 11.3 Å². The van der Waals surface area contributed by atoms with Crippen molar-refractivity contribution < 1.29 is 4.74 Å². The van der Waals surface area contributed by atoms with E-state index in [4.69, 9.17) is 14.7 Å². The summed E-state index contributed by atoms with van der Waals surface area (Å²) in [5, 5.41) is 4.61. The van der Waals surface area contributed by atoms with Crippen LogP contribution in [0, 0.1) is 5.41 Å². The summed E-state index contributed by atoms with van der Waals surface area (Å²) in [6, 6.07) is 0. The fourth-order valence-corrected chi connectivity index (χ4v) is 4.24. The summed E-state index contributed by atoms with van der Waals surface area (Å²) in [4.78, 5) is 13.3. The second-order valence-electron chi connectivity index (χ2n) is 7.01. The first-order chi connectivity index (χ1) is 11.1. The number of fused-ring (bicyclic) bond motifs is 1. The van der Waals surface area contributed by atoms with Crippen LogP contribution in [0.3, 0.4) is 0 Å². The molecule has 0 spiro atoms. The number of rotatable bonds is 5. The molecule has 0 unspecified atom stereocenters. The lowest BCUT2D eigenvalue weighted by Crippen LogP contribution is -2.44. The van der Waals surface area contributed by atoms with Gasteiger partial charge in [0.05, 0.1) is 32.0 Å². The summed E-state index contributed by atoms with van der Waals surface area (Å²) in [5.74, 6) is 0.966. The fourth-order valence-electron chi connectivity index (χ4n) is 3.03. The number of aliphatic imine (C=N–C) groups is 1. The average molecular weight is 337 g/mol. The minimum atomic E-state index is 0.210. The molecule has 1 aliphatic carbocycles. The van der Waals surface area contributed by atoms with E-state index in [2.05, 4.69) is 31.1 Å². The zero-order valence-corrected chi connectivity index (χ0v) is 15.3. The van der Waals surface area contributed by atoms with Gasteiger partial charge in [-0.2, -0.15) is 0 Å². The highest BCUT2D eigenvalue weighted by Crippen LogP contribution is 2.28. The number of hydrogen-bond donors (Lipinski definition) is 1. The molecule has 1 saturated heterocycles. The standard InChI is InChI=1S/C17H28N4OS/c1-4-18-16(19-10-17(2)11-22-12-17)21(3)9-15-20-13-7-5-6-8-14(13)23-15/h4-12H2,1-3H3,(H,18,19). The number of nitrogens with zero attached hydrogens (tertiary/aromatic N) is 3.